The summed E-state index contributed by atoms with van der Waals surface area (Å²) in [6.07, 6.45) is 1.69. The normalized spacial score (nSPS) is 10.9. The van der Waals surface area contributed by atoms with Crippen LogP contribution in [0.2, 0.25) is 0 Å². The van der Waals surface area contributed by atoms with Crippen molar-refractivity contribution in [1.82, 2.24) is 24.8 Å². The minimum Gasteiger partial charge on any atom is -0.381 e. The maximum Gasteiger partial charge on any atom is 0.165 e. The average molecular weight is 271 g/mol. The molecule has 0 spiro atoms. The van der Waals surface area contributed by atoms with Gasteiger partial charge in [0.25, 0.3) is 0 Å². The van der Waals surface area contributed by atoms with E-state index in [0.717, 1.165) is 15.9 Å². The number of nitrogens with zero attached hydrogens (tertiary/aromatic N) is 5. The van der Waals surface area contributed by atoms with E-state index in [1.807, 2.05) is 18.7 Å². The van der Waals surface area contributed by atoms with Gasteiger partial charge in [0.05, 0.1) is 28.6 Å². The van der Waals surface area contributed by atoms with Crippen LogP contribution in [0.25, 0.3) is 0 Å². The summed E-state index contributed by atoms with van der Waals surface area (Å²) in [5.74, 6) is 0.421. The summed E-state index contributed by atoms with van der Waals surface area (Å²) >= 11 is 3.49. The Morgan fingerprint density at radius 3 is 2.73 bits per heavy atom. The maximum atomic E-state index is 5.48. The van der Waals surface area contributed by atoms with Crippen LogP contribution in [0, 0.1) is 6.92 Å². The molecule has 6 nitrogen and oxygen atoms in total. The van der Waals surface area contributed by atoms with Crippen molar-refractivity contribution in [3.8, 4) is 0 Å². The van der Waals surface area contributed by atoms with Gasteiger partial charge in [0.1, 0.15) is 0 Å². The molecule has 0 amide bonds. The Bertz CT molecular complexity index is 485. The van der Waals surface area contributed by atoms with Gasteiger partial charge in [0.2, 0.25) is 0 Å². The van der Waals surface area contributed by atoms with E-state index < -0.39 is 0 Å². The second kappa shape index (κ2) is 3.65. The fourth-order valence-corrected chi connectivity index (χ4v) is 1.86. The monoisotopic (exact) mass is 270 g/mol. The smallest absolute Gasteiger partial charge is 0.165 e. The first-order valence-corrected chi connectivity index (χ1v) is 5.21. The lowest BCUT2D eigenvalue weighted by Crippen LogP contribution is -2.06. The van der Waals surface area contributed by atoms with E-state index in [0.29, 0.717) is 12.4 Å². The zero-order chi connectivity index (χ0) is 11.0. The third-order valence-electron chi connectivity index (χ3n) is 2.13. The Morgan fingerprint density at radius 1 is 1.53 bits per heavy atom. The zero-order valence-corrected chi connectivity index (χ0v) is 10.1. The molecular weight excluding hydrogens is 260 g/mol. The molecular formula is C8H11BrN6. The van der Waals surface area contributed by atoms with Crippen LogP contribution in [0.4, 0.5) is 5.82 Å². The Labute approximate surface area is 95.2 Å². The molecule has 2 N–H and O–H groups in total. The third kappa shape index (κ3) is 1.87. The fraction of sp³-hybridized carbons (Fsp3) is 0.375. The highest BCUT2D eigenvalue weighted by atomic mass is 79.9. The molecule has 0 aromatic carbocycles. The SMILES string of the molecule is Cc1nn(C)c(Cn2cc(N)nn2)c1Br. The molecule has 0 fully saturated rings. The minimum atomic E-state index is 0.421. The molecule has 0 saturated heterocycles. The van der Waals surface area contributed by atoms with Gasteiger partial charge in [-0.05, 0) is 22.9 Å². The number of aromatic nitrogens is 5. The second-order valence-electron chi connectivity index (χ2n) is 3.31. The van der Waals surface area contributed by atoms with Crippen molar-refractivity contribution in [2.45, 2.75) is 13.5 Å². The topological polar surface area (TPSA) is 74.5 Å². The van der Waals surface area contributed by atoms with Gasteiger partial charge >= 0.3 is 0 Å². The summed E-state index contributed by atoms with van der Waals surface area (Å²) in [6, 6.07) is 0. The second-order valence-corrected chi connectivity index (χ2v) is 4.10. The minimum absolute atomic E-state index is 0.421. The molecule has 15 heavy (non-hydrogen) atoms. The standard InChI is InChI=1S/C8H11BrN6/c1-5-8(9)6(14(2)12-5)3-15-4-7(10)11-13-15/h4H,3,10H2,1-2H3. The number of nitrogen functional groups attached to an aromatic ring is 1. The molecule has 0 aliphatic heterocycles. The predicted molar refractivity (Wildman–Crippen MR) is 59.2 cm³/mol. The summed E-state index contributed by atoms with van der Waals surface area (Å²) in [4.78, 5) is 0. The molecule has 0 atom stereocenters. The molecule has 0 saturated carbocycles. The van der Waals surface area contributed by atoms with Gasteiger partial charge in [-0.25, -0.2) is 4.68 Å². The summed E-state index contributed by atoms with van der Waals surface area (Å²) in [6.45, 7) is 2.55. The van der Waals surface area contributed by atoms with Crippen LogP contribution in [0.3, 0.4) is 0 Å². The number of rotatable bonds is 2. The van der Waals surface area contributed by atoms with Crippen molar-refractivity contribution in [3.63, 3.8) is 0 Å². The molecule has 0 aliphatic rings. The Kier molecular flexibility index (Phi) is 2.47. The van der Waals surface area contributed by atoms with Crippen molar-refractivity contribution < 1.29 is 0 Å². The Hall–Kier alpha value is -1.37. The highest BCUT2D eigenvalue weighted by Gasteiger charge is 2.11. The first kappa shape index (κ1) is 10.2. The maximum absolute atomic E-state index is 5.48. The van der Waals surface area contributed by atoms with Gasteiger partial charge < -0.3 is 5.73 Å². The molecule has 2 aromatic heterocycles. The highest BCUT2D eigenvalue weighted by Crippen LogP contribution is 2.20. The van der Waals surface area contributed by atoms with Crippen molar-refractivity contribution in [2.24, 2.45) is 7.05 Å². The lowest BCUT2D eigenvalue weighted by molar-refractivity contribution is 0.598. The molecule has 0 unspecified atom stereocenters. The van der Waals surface area contributed by atoms with Crippen molar-refractivity contribution in [1.29, 1.82) is 0 Å². The van der Waals surface area contributed by atoms with Gasteiger partial charge in [-0.2, -0.15) is 5.10 Å². The van der Waals surface area contributed by atoms with Gasteiger partial charge in [-0.15, -0.1) is 5.10 Å². The van der Waals surface area contributed by atoms with E-state index in [9.17, 15) is 0 Å². The van der Waals surface area contributed by atoms with Crippen LogP contribution in [-0.4, -0.2) is 24.8 Å². The van der Waals surface area contributed by atoms with E-state index in [2.05, 4.69) is 31.3 Å². The first-order chi connectivity index (χ1) is 7.08. The van der Waals surface area contributed by atoms with E-state index in [1.54, 1.807) is 10.9 Å². The number of halogens is 1. The Morgan fingerprint density at radius 2 is 2.27 bits per heavy atom. The van der Waals surface area contributed by atoms with Crippen molar-refractivity contribution >= 4 is 21.7 Å². The van der Waals surface area contributed by atoms with Crippen LogP contribution in [-0.2, 0) is 13.6 Å². The highest BCUT2D eigenvalue weighted by molar-refractivity contribution is 9.10. The average Bonchev–Trinajstić information content (AvgIpc) is 2.67. The molecule has 2 heterocycles. The van der Waals surface area contributed by atoms with Gasteiger partial charge in [-0.1, -0.05) is 5.21 Å². The molecule has 0 radical (unpaired) electrons. The molecule has 7 heteroatoms. The van der Waals surface area contributed by atoms with Gasteiger partial charge in [0, 0.05) is 7.05 Å². The number of anilines is 1. The van der Waals surface area contributed by atoms with Crippen LogP contribution < -0.4 is 5.73 Å². The van der Waals surface area contributed by atoms with Crippen LogP contribution in [0.5, 0.6) is 0 Å². The fourth-order valence-electron chi connectivity index (χ4n) is 1.40. The van der Waals surface area contributed by atoms with Crippen molar-refractivity contribution in [2.75, 3.05) is 5.73 Å². The summed E-state index contributed by atoms with van der Waals surface area (Å²) in [5.41, 5.74) is 7.48. The van der Waals surface area contributed by atoms with E-state index >= 15 is 0 Å². The Balaban J connectivity index is 2.31. The van der Waals surface area contributed by atoms with Crippen LogP contribution in [0.1, 0.15) is 11.4 Å². The zero-order valence-electron chi connectivity index (χ0n) is 8.48. The lowest BCUT2D eigenvalue weighted by atomic mass is 10.3. The van der Waals surface area contributed by atoms with Gasteiger partial charge in [-0.3, -0.25) is 4.68 Å². The largest absolute Gasteiger partial charge is 0.381 e. The summed E-state index contributed by atoms with van der Waals surface area (Å²) < 4.78 is 4.49. The molecule has 2 aromatic rings. The lowest BCUT2D eigenvalue weighted by Gasteiger charge is -2.01. The van der Waals surface area contributed by atoms with Crippen molar-refractivity contribution in [3.05, 3.63) is 22.1 Å². The van der Waals surface area contributed by atoms with E-state index in [1.165, 1.54) is 0 Å². The predicted octanol–water partition coefficient (Wildman–Crippen LogP) is 0.713. The summed E-state index contributed by atoms with van der Waals surface area (Å²) in [7, 11) is 1.90. The number of nitrogens with two attached hydrogens (primary N) is 1. The first-order valence-electron chi connectivity index (χ1n) is 4.41. The van der Waals surface area contributed by atoms with E-state index in [-0.39, 0.29) is 0 Å². The summed E-state index contributed by atoms with van der Waals surface area (Å²) in [5, 5.41) is 11.9. The molecule has 80 valence electrons. The number of hydrogen-bond donors (Lipinski definition) is 1. The number of aryl methyl sites for hydroxylation is 2. The van der Waals surface area contributed by atoms with Gasteiger partial charge in [0.15, 0.2) is 5.82 Å². The van der Waals surface area contributed by atoms with E-state index in [4.69, 9.17) is 5.73 Å². The molecule has 0 aliphatic carbocycles. The van der Waals surface area contributed by atoms with Crippen LogP contribution in [0.15, 0.2) is 10.7 Å². The molecule has 0 bridgehead atoms. The number of hydrogen-bond acceptors (Lipinski definition) is 4. The molecule has 2 rings (SSSR count). The van der Waals surface area contributed by atoms with Crippen LogP contribution >= 0.6 is 15.9 Å². The third-order valence-corrected chi connectivity index (χ3v) is 3.16. The quantitative estimate of drug-likeness (QED) is 0.873.